The van der Waals surface area contributed by atoms with Crippen LogP contribution in [-0.2, 0) is 0 Å². The van der Waals surface area contributed by atoms with Crippen LogP contribution in [0.1, 0.15) is 26.7 Å². The van der Waals surface area contributed by atoms with Gasteiger partial charge in [-0.05, 0) is 25.9 Å². The third kappa shape index (κ3) is 4.31. The Labute approximate surface area is 104 Å². The highest BCUT2D eigenvalue weighted by molar-refractivity contribution is 6.00. The number of halogens is 1. The summed E-state index contributed by atoms with van der Waals surface area (Å²) in [5.41, 5.74) is 9.22. The minimum atomic E-state index is 0. The van der Waals surface area contributed by atoms with E-state index in [1.54, 1.807) is 0 Å². The van der Waals surface area contributed by atoms with E-state index in [-0.39, 0.29) is 12.4 Å². The van der Waals surface area contributed by atoms with Crippen LogP contribution in [0.4, 0.5) is 0 Å². The van der Waals surface area contributed by atoms with Crippen LogP contribution in [0.3, 0.4) is 0 Å². The van der Waals surface area contributed by atoms with E-state index in [9.17, 15) is 0 Å². The van der Waals surface area contributed by atoms with E-state index in [4.69, 9.17) is 5.53 Å². The van der Waals surface area contributed by atoms with Crippen LogP contribution in [-0.4, -0.2) is 34.5 Å². The van der Waals surface area contributed by atoms with Crippen molar-refractivity contribution in [3.63, 3.8) is 0 Å². The van der Waals surface area contributed by atoms with Gasteiger partial charge in [-0.3, -0.25) is 4.90 Å². The first kappa shape index (κ1) is 15.1. The second kappa shape index (κ2) is 8.28. The number of nitrogens with zero attached hydrogens (tertiary/aromatic N) is 3. The smallest absolute Gasteiger partial charge is 0.314 e. The van der Waals surface area contributed by atoms with Crippen molar-refractivity contribution in [2.75, 3.05) is 13.1 Å². The van der Waals surface area contributed by atoms with E-state index in [2.05, 4.69) is 35.7 Å². The third-order valence-corrected chi connectivity index (χ3v) is 2.49. The maximum absolute atomic E-state index is 8.59. The van der Waals surface area contributed by atoms with Gasteiger partial charge in [0.25, 0.3) is 0 Å². The van der Waals surface area contributed by atoms with Crippen molar-refractivity contribution >= 4 is 5.71 Å². The summed E-state index contributed by atoms with van der Waals surface area (Å²) in [6.07, 6.45) is 10.2. The molecule has 0 amide bonds. The molecular weight excluding hydrogens is 222 g/mol. The molecule has 0 spiro atoms. The Hall–Kier alpha value is -0.890. The fraction of sp³-hybridized carbons (Fsp3) is 0.583. The lowest BCUT2D eigenvalue weighted by Crippen LogP contribution is -3.00. The summed E-state index contributed by atoms with van der Waals surface area (Å²) in [4.78, 5) is 5.59. The fourth-order valence-electron chi connectivity index (χ4n) is 1.81. The highest BCUT2D eigenvalue weighted by Crippen LogP contribution is 2.09. The summed E-state index contributed by atoms with van der Waals surface area (Å²) in [6, 6.07) is 0.357. The van der Waals surface area contributed by atoms with Crippen LogP contribution >= 0.6 is 0 Å². The van der Waals surface area contributed by atoms with Gasteiger partial charge in [0, 0.05) is 18.2 Å². The number of allylic oxidation sites excluding steroid dienone is 2. The number of rotatable bonds is 5. The third-order valence-electron chi connectivity index (χ3n) is 2.49. The fourth-order valence-corrected chi connectivity index (χ4v) is 1.81. The predicted octanol–water partition coefficient (Wildman–Crippen LogP) is -0.722. The van der Waals surface area contributed by atoms with E-state index >= 15 is 0 Å². The number of hydrogen-bond donors (Lipinski definition) is 0. The molecule has 0 radical (unpaired) electrons. The van der Waals surface area contributed by atoms with E-state index in [1.165, 1.54) is 12.8 Å². The van der Waals surface area contributed by atoms with Crippen molar-refractivity contribution in [2.45, 2.75) is 32.7 Å². The lowest BCUT2D eigenvalue weighted by atomic mass is 10.1. The second-order valence-electron chi connectivity index (χ2n) is 3.77. The molecule has 0 unspecified atom stereocenters. The molecule has 0 heterocycles. The first-order valence-electron chi connectivity index (χ1n) is 5.64. The average Bonchev–Trinajstić information content (AvgIpc) is 2.29. The van der Waals surface area contributed by atoms with Crippen molar-refractivity contribution in [1.82, 2.24) is 4.90 Å². The molecular formula is C12H19ClN3-. The van der Waals surface area contributed by atoms with Gasteiger partial charge in [-0.15, -0.1) is 0 Å². The summed E-state index contributed by atoms with van der Waals surface area (Å²) in [7, 11) is 0. The summed E-state index contributed by atoms with van der Waals surface area (Å²) >= 11 is 0. The second-order valence-corrected chi connectivity index (χ2v) is 3.77. The molecule has 0 bridgehead atoms. The minimum absolute atomic E-state index is 0. The van der Waals surface area contributed by atoms with E-state index < -0.39 is 0 Å². The Morgan fingerprint density at radius 3 is 2.06 bits per heavy atom. The van der Waals surface area contributed by atoms with Gasteiger partial charge in [0.1, 0.15) is 0 Å². The zero-order valence-electron chi connectivity index (χ0n) is 9.93. The monoisotopic (exact) mass is 240 g/mol. The van der Waals surface area contributed by atoms with Crippen molar-refractivity contribution in [2.24, 2.45) is 0 Å². The molecule has 1 aliphatic carbocycles. The van der Waals surface area contributed by atoms with E-state index in [0.29, 0.717) is 11.8 Å². The van der Waals surface area contributed by atoms with Gasteiger partial charge in [-0.25, -0.2) is 0 Å². The Balaban J connectivity index is 0.00000225. The summed E-state index contributed by atoms with van der Waals surface area (Å²) in [6.45, 7) is 6.61. The van der Waals surface area contributed by atoms with Gasteiger partial charge >= 0.3 is 5.71 Å². The van der Waals surface area contributed by atoms with Gasteiger partial charge in [-0.2, -0.15) is 4.79 Å². The Morgan fingerprint density at radius 1 is 1.19 bits per heavy atom. The SMILES string of the molecule is CCCN(CCC)C1C=CC(=[N+]=[N-])C=C1.[Cl-]. The van der Waals surface area contributed by atoms with Crippen LogP contribution in [0.2, 0.25) is 0 Å². The Morgan fingerprint density at radius 2 is 1.69 bits per heavy atom. The molecule has 0 aromatic heterocycles. The average molecular weight is 241 g/mol. The minimum Gasteiger partial charge on any atom is -1.00 e. The van der Waals surface area contributed by atoms with Gasteiger partial charge < -0.3 is 17.9 Å². The quantitative estimate of drug-likeness (QED) is 0.462. The number of hydrogen-bond acceptors (Lipinski definition) is 1. The molecule has 0 atom stereocenters. The van der Waals surface area contributed by atoms with Crippen molar-refractivity contribution in [3.8, 4) is 0 Å². The van der Waals surface area contributed by atoms with Gasteiger partial charge in [0.05, 0.1) is 0 Å². The molecule has 0 aromatic carbocycles. The maximum Gasteiger partial charge on any atom is 0.314 e. The molecule has 0 saturated carbocycles. The van der Waals surface area contributed by atoms with Crippen LogP contribution < -0.4 is 12.4 Å². The first-order chi connectivity index (χ1) is 7.31. The highest BCUT2D eigenvalue weighted by atomic mass is 35.5. The maximum atomic E-state index is 8.59. The molecule has 16 heavy (non-hydrogen) atoms. The van der Waals surface area contributed by atoms with E-state index in [1.807, 2.05) is 12.2 Å². The van der Waals surface area contributed by atoms with Crippen LogP contribution in [0.15, 0.2) is 24.3 Å². The molecule has 0 fully saturated rings. The van der Waals surface area contributed by atoms with Crippen LogP contribution in [0.5, 0.6) is 0 Å². The molecule has 1 aliphatic rings. The van der Waals surface area contributed by atoms with Gasteiger partial charge in [0.2, 0.25) is 0 Å². The summed E-state index contributed by atoms with van der Waals surface area (Å²) in [5.74, 6) is 0. The van der Waals surface area contributed by atoms with Crippen molar-refractivity contribution < 1.29 is 17.2 Å². The molecule has 0 aliphatic heterocycles. The van der Waals surface area contributed by atoms with Gasteiger partial charge in [-0.1, -0.05) is 26.0 Å². The largest absolute Gasteiger partial charge is 1.00 e. The first-order valence-corrected chi connectivity index (χ1v) is 5.64. The lowest BCUT2D eigenvalue weighted by molar-refractivity contribution is -0.00197. The molecule has 90 valence electrons. The predicted molar refractivity (Wildman–Crippen MR) is 62.8 cm³/mol. The van der Waals surface area contributed by atoms with Crippen molar-refractivity contribution in [1.29, 1.82) is 0 Å². The Kier molecular flexibility index (Phi) is 7.82. The lowest BCUT2D eigenvalue weighted by Gasteiger charge is -2.27. The highest BCUT2D eigenvalue weighted by Gasteiger charge is 2.15. The molecule has 3 nitrogen and oxygen atoms in total. The molecule has 1 rings (SSSR count). The van der Waals surface area contributed by atoms with Gasteiger partial charge in [0.15, 0.2) is 0 Å². The van der Waals surface area contributed by atoms with Crippen LogP contribution in [0.25, 0.3) is 5.53 Å². The summed E-state index contributed by atoms with van der Waals surface area (Å²) in [5, 5.41) is 0. The standard InChI is InChI=1S/C12H19N3.ClH/c1-3-9-15(10-4-2)12-7-5-11(14-13)6-8-12;/h5-8,12H,3-4,9-10H2,1-2H3;1H/p-1. The normalized spacial score (nSPS) is 18.4. The zero-order valence-corrected chi connectivity index (χ0v) is 10.7. The molecule has 0 aromatic rings. The molecule has 0 N–H and O–H groups in total. The Bertz CT molecular complexity index is 281. The zero-order chi connectivity index (χ0) is 11.1. The summed E-state index contributed by atoms with van der Waals surface area (Å²) < 4.78 is 0. The van der Waals surface area contributed by atoms with Crippen molar-refractivity contribution in [3.05, 3.63) is 29.8 Å². The van der Waals surface area contributed by atoms with Crippen LogP contribution in [0, 0.1) is 0 Å². The molecule has 4 heteroatoms. The van der Waals surface area contributed by atoms with E-state index in [0.717, 1.165) is 13.1 Å². The molecule has 0 saturated heterocycles. The topological polar surface area (TPSA) is 39.6 Å².